The van der Waals surface area contributed by atoms with E-state index in [0.29, 0.717) is 10.9 Å². The lowest BCUT2D eigenvalue weighted by Gasteiger charge is -2.26. The standard InChI is InChI=1S/C16H12ClFN4O2/c1-22-14-7(6-20-22)4-11(19)13-12(14)15(23)21-16(13,24)9-5-8(18)2-3-10(9)17/h2-6,24H,19H2,1H3,(H,21,23). The van der Waals surface area contributed by atoms with E-state index in [2.05, 4.69) is 10.4 Å². The first-order valence-corrected chi connectivity index (χ1v) is 7.46. The SMILES string of the molecule is Cn1ncc2cc(N)c3c(c21)C(=O)NC3(O)c1cc(F)ccc1Cl. The molecule has 1 aliphatic rings. The number of benzene rings is 2. The molecule has 0 saturated heterocycles. The molecule has 0 saturated carbocycles. The van der Waals surface area contributed by atoms with Crippen LogP contribution >= 0.6 is 11.6 Å². The minimum atomic E-state index is -2.02. The Kier molecular flexibility index (Phi) is 2.91. The molecule has 1 amide bonds. The molecule has 0 aliphatic carbocycles. The van der Waals surface area contributed by atoms with E-state index in [1.807, 2.05) is 0 Å². The maximum atomic E-state index is 13.7. The second kappa shape index (κ2) is 4.68. The van der Waals surface area contributed by atoms with Gasteiger partial charge in [-0.15, -0.1) is 0 Å². The molecule has 24 heavy (non-hydrogen) atoms. The van der Waals surface area contributed by atoms with Crippen LogP contribution in [0.15, 0.2) is 30.5 Å². The molecule has 2 heterocycles. The summed E-state index contributed by atoms with van der Waals surface area (Å²) in [5.41, 5.74) is 5.15. The Morgan fingerprint density at radius 2 is 2.17 bits per heavy atom. The number of nitrogens with one attached hydrogen (secondary N) is 1. The summed E-state index contributed by atoms with van der Waals surface area (Å²) in [5, 5.41) is 18.5. The fraction of sp³-hybridized carbons (Fsp3) is 0.125. The molecule has 4 N–H and O–H groups in total. The summed E-state index contributed by atoms with van der Waals surface area (Å²) in [6.45, 7) is 0. The van der Waals surface area contributed by atoms with E-state index in [4.69, 9.17) is 17.3 Å². The van der Waals surface area contributed by atoms with Crippen molar-refractivity contribution in [2.45, 2.75) is 5.72 Å². The number of fused-ring (bicyclic) bond motifs is 3. The Labute approximate surface area is 140 Å². The Morgan fingerprint density at radius 1 is 1.42 bits per heavy atom. The summed E-state index contributed by atoms with van der Waals surface area (Å²) in [7, 11) is 1.68. The lowest BCUT2D eigenvalue weighted by molar-refractivity contribution is 0.0479. The molecule has 0 spiro atoms. The second-order valence-electron chi connectivity index (χ2n) is 5.71. The monoisotopic (exact) mass is 346 g/mol. The van der Waals surface area contributed by atoms with Gasteiger partial charge in [-0.25, -0.2) is 4.39 Å². The largest absolute Gasteiger partial charge is 0.398 e. The molecule has 8 heteroatoms. The number of carbonyl (C=O) groups is 1. The van der Waals surface area contributed by atoms with Gasteiger partial charge >= 0.3 is 0 Å². The van der Waals surface area contributed by atoms with Gasteiger partial charge < -0.3 is 16.2 Å². The van der Waals surface area contributed by atoms with Crippen molar-refractivity contribution < 1.29 is 14.3 Å². The number of anilines is 1. The van der Waals surface area contributed by atoms with Crippen molar-refractivity contribution in [1.82, 2.24) is 15.1 Å². The molecule has 0 radical (unpaired) electrons. The number of rotatable bonds is 1. The van der Waals surface area contributed by atoms with Crippen molar-refractivity contribution in [1.29, 1.82) is 0 Å². The molecule has 1 unspecified atom stereocenters. The van der Waals surface area contributed by atoms with Crippen LogP contribution in [0, 0.1) is 5.82 Å². The van der Waals surface area contributed by atoms with Crippen LogP contribution in [0.3, 0.4) is 0 Å². The number of amides is 1. The van der Waals surface area contributed by atoms with Gasteiger partial charge in [-0.1, -0.05) is 11.6 Å². The van der Waals surface area contributed by atoms with Gasteiger partial charge in [-0.2, -0.15) is 5.10 Å². The van der Waals surface area contributed by atoms with Gasteiger partial charge in [0.05, 0.1) is 17.3 Å². The van der Waals surface area contributed by atoms with Crippen LogP contribution in [0.4, 0.5) is 10.1 Å². The summed E-state index contributed by atoms with van der Waals surface area (Å²) >= 11 is 6.12. The van der Waals surface area contributed by atoms with E-state index in [9.17, 15) is 14.3 Å². The Morgan fingerprint density at radius 3 is 2.92 bits per heavy atom. The van der Waals surface area contributed by atoms with Crippen molar-refractivity contribution in [2.24, 2.45) is 7.05 Å². The summed E-state index contributed by atoms with van der Waals surface area (Å²) in [6, 6.07) is 5.16. The fourth-order valence-corrected chi connectivity index (χ4v) is 3.50. The quantitative estimate of drug-likeness (QED) is 0.586. The molecule has 0 bridgehead atoms. The second-order valence-corrected chi connectivity index (χ2v) is 6.12. The van der Waals surface area contributed by atoms with Gasteiger partial charge in [0, 0.05) is 34.3 Å². The summed E-state index contributed by atoms with van der Waals surface area (Å²) in [4.78, 5) is 12.6. The van der Waals surface area contributed by atoms with Gasteiger partial charge in [0.1, 0.15) is 5.82 Å². The van der Waals surface area contributed by atoms with Crippen molar-refractivity contribution in [2.75, 3.05) is 5.73 Å². The molecule has 1 aliphatic heterocycles. The topological polar surface area (TPSA) is 93.2 Å². The average molecular weight is 347 g/mol. The zero-order valence-corrected chi connectivity index (χ0v) is 13.2. The third-order valence-corrected chi connectivity index (χ3v) is 4.58. The fourth-order valence-electron chi connectivity index (χ4n) is 3.25. The van der Waals surface area contributed by atoms with Crippen molar-refractivity contribution >= 4 is 34.1 Å². The number of hydrogen-bond donors (Lipinski definition) is 3. The Bertz CT molecular complexity index is 1030. The number of halogens is 2. The summed E-state index contributed by atoms with van der Waals surface area (Å²) in [5.74, 6) is -1.13. The lowest BCUT2D eigenvalue weighted by Crippen LogP contribution is -2.40. The number of nitrogen functional groups attached to an aromatic ring is 1. The van der Waals surface area contributed by atoms with Crippen molar-refractivity contribution in [3.8, 4) is 0 Å². The highest BCUT2D eigenvalue weighted by atomic mass is 35.5. The van der Waals surface area contributed by atoms with Crippen LogP contribution in [0.5, 0.6) is 0 Å². The molecule has 1 atom stereocenters. The molecule has 4 rings (SSSR count). The molecule has 2 aromatic carbocycles. The number of carbonyl (C=O) groups excluding carboxylic acids is 1. The van der Waals surface area contributed by atoms with Crippen LogP contribution in [-0.4, -0.2) is 20.8 Å². The van der Waals surface area contributed by atoms with Gasteiger partial charge in [0.15, 0.2) is 5.72 Å². The lowest BCUT2D eigenvalue weighted by atomic mass is 9.91. The molecule has 1 aromatic heterocycles. The number of aromatic nitrogens is 2. The predicted octanol–water partition coefficient (Wildman–Crippen LogP) is 1.88. The first kappa shape index (κ1) is 14.9. The summed E-state index contributed by atoms with van der Waals surface area (Å²) < 4.78 is 15.2. The Hall–Kier alpha value is -2.64. The third kappa shape index (κ3) is 1.79. The zero-order valence-electron chi connectivity index (χ0n) is 12.5. The number of nitrogens with zero attached hydrogens (tertiary/aromatic N) is 2. The van der Waals surface area contributed by atoms with Crippen LogP contribution in [0.1, 0.15) is 21.5 Å². The molecular formula is C16H12ClFN4O2. The van der Waals surface area contributed by atoms with Gasteiger partial charge in [-0.3, -0.25) is 9.48 Å². The molecule has 0 fully saturated rings. The highest BCUT2D eigenvalue weighted by molar-refractivity contribution is 6.31. The number of nitrogens with two attached hydrogens (primary N) is 1. The van der Waals surface area contributed by atoms with E-state index in [-0.39, 0.29) is 27.4 Å². The van der Waals surface area contributed by atoms with Crippen LogP contribution in [-0.2, 0) is 12.8 Å². The first-order valence-electron chi connectivity index (χ1n) is 7.08. The minimum Gasteiger partial charge on any atom is -0.398 e. The van der Waals surface area contributed by atoms with Crippen LogP contribution in [0.2, 0.25) is 5.02 Å². The van der Waals surface area contributed by atoms with E-state index < -0.39 is 17.4 Å². The van der Waals surface area contributed by atoms with E-state index in [1.54, 1.807) is 19.3 Å². The van der Waals surface area contributed by atoms with Gasteiger partial charge in [0.2, 0.25) is 0 Å². The number of hydrogen-bond acceptors (Lipinski definition) is 4. The third-order valence-electron chi connectivity index (χ3n) is 4.26. The predicted molar refractivity (Wildman–Crippen MR) is 87.0 cm³/mol. The minimum absolute atomic E-state index is 0.0180. The average Bonchev–Trinajstić information content (AvgIpc) is 3.01. The summed E-state index contributed by atoms with van der Waals surface area (Å²) in [6.07, 6.45) is 1.58. The van der Waals surface area contributed by atoms with E-state index >= 15 is 0 Å². The maximum absolute atomic E-state index is 13.7. The molecular weight excluding hydrogens is 335 g/mol. The molecule has 6 nitrogen and oxygen atoms in total. The zero-order chi connectivity index (χ0) is 17.2. The van der Waals surface area contributed by atoms with Crippen molar-refractivity contribution in [3.05, 3.63) is 58.0 Å². The Balaban J connectivity index is 2.11. The molecule has 3 aromatic rings. The number of aliphatic hydroxyl groups is 1. The van der Waals surface area contributed by atoms with E-state index in [1.165, 1.54) is 16.8 Å². The maximum Gasteiger partial charge on any atom is 0.256 e. The number of aryl methyl sites for hydroxylation is 1. The highest BCUT2D eigenvalue weighted by Crippen LogP contribution is 2.44. The van der Waals surface area contributed by atoms with E-state index in [0.717, 1.165) is 6.07 Å². The highest BCUT2D eigenvalue weighted by Gasteiger charge is 2.47. The van der Waals surface area contributed by atoms with Crippen LogP contribution < -0.4 is 11.1 Å². The first-order chi connectivity index (χ1) is 11.3. The normalized spacial score (nSPS) is 19.6. The van der Waals surface area contributed by atoms with Crippen molar-refractivity contribution in [3.63, 3.8) is 0 Å². The van der Waals surface area contributed by atoms with Crippen LogP contribution in [0.25, 0.3) is 10.9 Å². The van der Waals surface area contributed by atoms with Gasteiger partial charge in [0.25, 0.3) is 5.91 Å². The molecule has 122 valence electrons. The van der Waals surface area contributed by atoms with Gasteiger partial charge in [-0.05, 0) is 24.3 Å². The smallest absolute Gasteiger partial charge is 0.256 e.